The quantitative estimate of drug-likeness (QED) is 0.708. The Morgan fingerprint density at radius 1 is 1.19 bits per heavy atom. The number of pyridine rings is 1. The van der Waals surface area contributed by atoms with Gasteiger partial charge in [-0.3, -0.25) is 9.88 Å². The van der Waals surface area contributed by atoms with Crippen LogP contribution in [0.1, 0.15) is 5.56 Å². The molecule has 144 valence electrons. The Morgan fingerprint density at radius 2 is 1.93 bits per heavy atom. The Morgan fingerprint density at radius 3 is 2.63 bits per heavy atom. The van der Waals surface area contributed by atoms with Gasteiger partial charge < -0.3 is 15.0 Å². The molecule has 1 aromatic heterocycles. The first kappa shape index (κ1) is 20.3. The fourth-order valence-corrected chi connectivity index (χ4v) is 3.55. The van der Waals surface area contributed by atoms with Crippen LogP contribution in [-0.2, 0) is 11.3 Å². The molecule has 8 heteroatoms. The summed E-state index contributed by atoms with van der Waals surface area (Å²) in [6.45, 7) is 5.90. The fraction of sp³-hybridized carbons (Fsp3) is 0.368. The van der Waals surface area contributed by atoms with Gasteiger partial charge in [0.2, 0.25) is 0 Å². The van der Waals surface area contributed by atoms with E-state index >= 15 is 0 Å². The third kappa shape index (κ3) is 6.30. The summed E-state index contributed by atoms with van der Waals surface area (Å²) in [6.07, 6.45) is 3.59. The lowest BCUT2D eigenvalue weighted by Crippen LogP contribution is -2.44. The maximum atomic E-state index is 6.28. The van der Waals surface area contributed by atoms with Crippen molar-refractivity contribution in [3.8, 4) is 0 Å². The molecule has 0 atom stereocenters. The van der Waals surface area contributed by atoms with Crippen LogP contribution in [0.25, 0.3) is 0 Å². The molecule has 0 saturated carbocycles. The third-order valence-corrected chi connectivity index (χ3v) is 5.28. The Labute approximate surface area is 175 Å². The van der Waals surface area contributed by atoms with Gasteiger partial charge in [-0.1, -0.05) is 23.2 Å². The molecular weight excluding hydrogens is 403 g/mol. The fourth-order valence-electron chi connectivity index (χ4n) is 2.83. The average Bonchev–Trinajstić information content (AvgIpc) is 2.69. The van der Waals surface area contributed by atoms with Crippen molar-refractivity contribution < 1.29 is 4.74 Å². The lowest BCUT2D eigenvalue weighted by atomic mass is 10.2. The van der Waals surface area contributed by atoms with Crippen molar-refractivity contribution in [2.45, 2.75) is 6.54 Å². The van der Waals surface area contributed by atoms with Crippen molar-refractivity contribution in [2.75, 3.05) is 44.7 Å². The van der Waals surface area contributed by atoms with Gasteiger partial charge in [0.05, 0.1) is 23.9 Å². The molecule has 0 aliphatic carbocycles. The Kier molecular flexibility index (Phi) is 7.67. The first-order chi connectivity index (χ1) is 13.1. The normalized spacial score (nSPS) is 14.7. The van der Waals surface area contributed by atoms with Gasteiger partial charge in [0.15, 0.2) is 5.11 Å². The summed E-state index contributed by atoms with van der Waals surface area (Å²) < 4.78 is 5.43. The number of nitrogens with one attached hydrogen (secondary N) is 1. The summed E-state index contributed by atoms with van der Waals surface area (Å²) in [5.74, 6) is 0. The summed E-state index contributed by atoms with van der Waals surface area (Å²) in [5.41, 5.74) is 1.90. The molecule has 27 heavy (non-hydrogen) atoms. The van der Waals surface area contributed by atoms with Crippen LogP contribution in [0.2, 0.25) is 10.0 Å². The Hall–Kier alpha value is -1.44. The van der Waals surface area contributed by atoms with Crippen LogP contribution >= 0.6 is 35.4 Å². The molecule has 1 aliphatic rings. The highest BCUT2D eigenvalue weighted by Crippen LogP contribution is 2.25. The average molecular weight is 425 g/mol. The zero-order chi connectivity index (χ0) is 19.1. The second-order valence-electron chi connectivity index (χ2n) is 6.29. The maximum absolute atomic E-state index is 6.28. The van der Waals surface area contributed by atoms with Crippen molar-refractivity contribution in [1.82, 2.24) is 14.8 Å². The van der Waals surface area contributed by atoms with Crippen molar-refractivity contribution in [1.29, 1.82) is 0 Å². The summed E-state index contributed by atoms with van der Waals surface area (Å²) in [6, 6.07) is 9.33. The van der Waals surface area contributed by atoms with Crippen LogP contribution in [0.4, 0.5) is 5.69 Å². The number of nitrogens with zero attached hydrogens (tertiary/aromatic N) is 3. The highest BCUT2D eigenvalue weighted by Gasteiger charge is 2.16. The van der Waals surface area contributed by atoms with E-state index in [4.69, 9.17) is 40.2 Å². The molecule has 1 saturated heterocycles. The summed E-state index contributed by atoms with van der Waals surface area (Å²) in [7, 11) is 0. The lowest BCUT2D eigenvalue weighted by Gasteiger charge is -2.31. The predicted molar refractivity (Wildman–Crippen MR) is 115 cm³/mol. The molecule has 0 amide bonds. The second kappa shape index (κ2) is 10.2. The molecule has 1 N–H and O–H groups in total. The Balaban J connectivity index is 1.67. The molecule has 0 bridgehead atoms. The van der Waals surface area contributed by atoms with E-state index in [9.17, 15) is 0 Å². The lowest BCUT2D eigenvalue weighted by molar-refractivity contribution is 0.0358. The largest absolute Gasteiger partial charge is 0.379 e. The van der Waals surface area contributed by atoms with Gasteiger partial charge in [-0.25, -0.2) is 0 Å². The highest BCUT2D eigenvalue weighted by atomic mass is 35.5. The number of thiocarbonyl (C=S) groups is 1. The van der Waals surface area contributed by atoms with E-state index in [0.717, 1.165) is 50.6 Å². The summed E-state index contributed by atoms with van der Waals surface area (Å²) >= 11 is 17.9. The van der Waals surface area contributed by atoms with Gasteiger partial charge in [-0.15, -0.1) is 0 Å². The monoisotopic (exact) mass is 424 g/mol. The van der Waals surface area contributed by atoms with E-state index in [1.54, 1.807) is 24.5 Å². The van der Waals surface area contributed by atoms with E-state index in [1.807, 2.05) is 18.2 Å². The summed E-state index contributed by atoms with van der Waals surface area (Å²) in [4.78, 5) is 8.62. The molecule has 1 fully saturated rings. The number of aromatic nitrogens is 1. The van der Waals surface area contributed by atoms with Crippen LogP contribution in [0.15, 0.2) is 42.7 Å². The maximum Gasteiger partial charge on any atom is 0.173 e. The minimum absolute atomic E-state index is 0.543. The second-order valence-corrected chi connectivity index (χ2v) is 7.52. The molecule has 0 radical (unpaired) electrons. The Bertz CT molecular complexity index is 757. The van der Waals surface area contributed by atoms with Gasteiger partial charge in [-0.05, 0) is 48.1 Å². The number of anilines is 1. The van der Waals surface area contributed by atoms with Gasteiger partial charge in [-0.2, -0.15) is 0 Å². The molecule has 1 aliphatic heterocycles. The van der Waals surface area contributed by atoms with Crippen LogP contribution in [0, 0.1) is 0 Å². The zero-order valence-electron chi connectivity index (χ0n) is 14.9. The van der Waals surface area contributed by atoms with E-state index in [2.05, 4.69) is 20.1 Å². The van der Waals surface area contributed by atoms with Crippen molar-refractivity contribution in [3.63, 3.8) is 0 Å². The molecule has 5 nitrogen and oxygen atoms in total. The molecular formula is C19H22Cl2N4OS. The first-order valence-electron chi connectivity index (χ1n) is 8.82. The number of hydrogen-bond acceptors (Lipinski definition) is 4. The molecule has 0 unspecified atom stereocenters. The molecule has 2 aromatic rings. The smallest absolute Gasteiger partial charge is 0.173 e. The van der Waals surface area contributed by atoms with Gasteiger partial charge in [0.25, 0.3) is 0 Å². The van der Waals surface area contributed by atoms with Gasteiger partial charge >= 0.3 is 0 Å². The van der Waals surface area contributed by atoms with Gasteiger partial charge in [0.1, 0.15) is 0 Å². The van der Waals surface area contributed by atoms with Crippen LogP contribution in [-0.4, -0.2) is 59.3 Å². The predicted octanol–water partition coefficient (Wildman–Crippen LogP) is 3.92. The van der Waals surface area contributed by atoms with Crippen molar-refractivity contribution in [2.24, 2.45) is 0 Å². The molecule has 3 rings (SSSR count). The SMILES string of the molecule is S=C(Nc1ccc(Cl)cc1Cl)N(CCN1CCOCC1)Cc1ccncc1. The number of rotatable bonds is 6. The number of hydrogen-bond donors (Lipinski definition) is 1. The standard InChI is InChI=1S/C19H22Cl2N4OS/c20-16-1-2-18(17(21)13-16)23-19(27)25(14-15-3-5-22-6-4-15)8-7-24-9-11-26-12-10-24/h1-6,13H,7-12,14H2,(H,23,27). The van der Waals surface area contributed by atoms with E-state index in [1.165, 1.54) is 0 Å². The topological polar surface area (TPSA) is 40.6 Å². The number of ether oxygens (including phenoxy) is 1. The van der Waals surface area contributed by atoms with Crippen molar-refractivity contribution >= 4 is 46.2 Å². The third-order valence-electron chi connectivity index (χ3n) is 4.37. The van der Waals surface area contributed by atoms with Crippen LogP contribution in [0.5, 0.6) is 0 Å². The van der Waals surface area contributed by atoms with E-state index in [-0.39, 0.29) is 0 Å². The molecule has 2 heterocycles. The number of halogens is 2. The minimum atomic E-state index is 0.543. The van der Waals surface area contributed by atoms with Crippen molar-refractivity contribution in [3.05, 3.63) is 58.3 Å². The van der Waals surface area contributed by atoms with Gasteiger partial charge in [0, 0.05) is 50.1 Å². The summed E-state index contributed by atoms with van der Waals surface area (Å²) in [5, 5.41) is 5.02. The van der Waals surface area contributed by atoms with Crippen LogP contribution in [0.3, 0.4) is 0 Å². The minimum Gasteiger partial charge on any atom is -0.379 e. The van der Waals surface area contributed by atoms with E-state index in [0.29, 0.717) is 21.7 Å². The number of benzene rings is 1. The van der Waals surface area contributed by atoms with E-state index < -0.39 is 0 Å². The highest BCUT2D eigenvalue weighted by molar-refractivity contribution is 7.80. The van der Waals surface area contributed by atoms with Crippen LogP contribution < -0.4 is 5.32 Å². The molecule has 1 aromatic carbocycles. The molecule has 0 spiro atoms. The first-order valence-corrected chi connectivity index (χ1v) is 9.98. The zero-order valence-corrected chi connectivity index (χ0v) is 17.2. The number of morpholine rings is 1.